The third-order valence-electron chi connectivity index (χ3n) is 15.3. The highest BCUT2D eigenvalue weighted by Gasteiger charge is 2.18. The molecule has 0 spiro atoms. The molecule has 0 rings (SSSR count). The molecule has 1 amide bonds. The van der Waals surface area contributed by atoms with Crippen LogP contribution in [-0.2, 0) is 14.3 Å². The van der Waals surface area contributed by atoms with Gasteiger partial charge in [0, 0.05) is 12.8 Å². The second kappa shape index (κ2) is 64.3. The van der Waals surface area contributed by atoms with Crippen LogP contribution in [0.3, 0.4) is 0 Å². The number of aliphatic hydroxyl groups excluding tert-OH is 2. The molecular weight excluding hydrogens is 923 g/mol. The van der Waals surface area contributed by atoms with Crippen LogP contribution in [0.25, 0.3) is 0 Å². The minimum atomic E-state index is -0.850. The zero-order valence-electron chi connectivity index (χ0n) is 50.3. The van der Waals surface area contributed by atoms with E-state index >= 15 is 0 Å². The molecule has 0 fully saturated rings. The van der Waals surface area contributed by atoms with E-state index in [0.717, 1.165) is 51.4 Å². The van der Waals surface area contributed by atoms with Gasteiger partial charge in [0.2, 0.25) is 5.91 Å². The second-order valence-electron chi connectivity index (χ2n) is 22.8. The first-order valence-corrected chi connectivity index (χ1v) is 33.4. The number of aliphatic hydroxyl groups is 2. The minimum Gasteiger partial charge on any atom is -0.466 e. The summed E-state index contributed by atoms with van der Waals surface area (Å²) in [5, 5.41) is 23.2. The quantitative estimate of drug-likeness (QED) is 0.0320. The largest absolute Gasteiger partial charge is 0.466 e. The van der Waals surface area contributed by atoms with Crippen LogP contribution in [0, 0.1) is 0 Å². The second-order valence-corrected chi connectivity index (χ2v) is 22.8. The lowest BCUT2D eigenvalue weighted by atomic mass is 10.0. The molecule has 75 heavy (non-hydrogen) atoms. The average molecular weight is 1050 g/mol. The number of esters is 1. The Balaban J connectivity index is 3.47. The maximum atomic E-state index is 12.5. The van der Waals surface area contributed by atoms with Gasteiger partial charge in [0.1, 0.15) is 0 Å². The summed E-state index contributed by atoms with van der Waals surface area (Å²) in [6.45, 7) is 4.89. The molecule has 0 bridgehead atoms. The first-order valence-electron chi connectivity index (χ1n) is 33.4. The maximum Gasteiger partial charge on any atom is 0.305 e. The van der Waals surface area contributed by atoms with E-state index in [1.54, 1.807) is 6.08 Å². The van der Waals surface area contributed by atoms with Crippen molar-refractivity contribution in [2.45, 2.75) is 366 Å². The summed E-state index contributed by atoms with van der Waals surface area (Å²) < 4.78 is 5.46. The van der Waals surface area contributed by atoms with Gasteiger partial charge < -0.3 is 20.3 Å². The fourth-order valence-corrected chi connectivity index (χ4v) is 10.2. The number of nitrogens with one attached hydrogen (secondary N) is 1. The Hall–Kier alpha value is -2.18. The number of allylic oxidation sites excluding steroid dienone is 7. The highest BCUT2D eigenvalue weighted by atomic mass is 16.5. The lowest BCUT2D eigenvalue weighted by Gasteiger charge is -2.20. The SMILES string of the molecule is CCCCC/C=C\CCCCCCCC(=O)OCCCCCCCCCCC/C=C\C/C=C\CCCCCCCCCCCC(=O)NC(CO)C(O)/C=C/CCCCCCCCCCCCCCCCCCCCC. The van der Waals surface area contributed by atoms with Gasteiger partial charge >= 0.3 is 5.97 Å². The predicted molar refractivity (Wildman–Crippen MR) is 329 cm³/mol. The van der Waals surface area contributed by atoms with Gasteiger partial charge in [-0.05, 0) is 89.9 Å². The van der Waals surface area contributed by atoms with Crippen LogP contribution in [0.2, 0.25) is 0 Å². The van der Waals surface area contributed by atoms with E-state index in [0.29, 0.717) is 19.4 Å². The van der Waals surface area contributed by atoms with E-state index < -0.39 is 12.1 Å². The molecule has 6 nitrogen and oxygen atoms in total. The van der Waals surface area contributed by atoms with Crippen molar-refractivity contribution in [1.29, 1.82) is 0 Å². The van der Waals surface area contributed by atoms with Gasteiger partial charge in [-0.1, -0.05) is 300 Å². The Morgan fingerprint density at radius 2 is 0.667 bits per heavy atom. The number of hydrogen-bond donors (Lipinski definition) is 3. The molecule has 0 radical (unpaired) electrons. The lowest BCUT2D eigenvalue weighted by molar-refractivity contribution is -0.143. The van der Waals surface area contributed by atoms with Crippen molar-refractivity contribution >= 4 is 11.9 Å². The summed E-state index contributed by atoms with van der Waals surface area (Å²) in [6.07, 6.45) is 83.1. The third kappa shape index (κ3) is 60.9. The Kier molecular flexibility index (Phi) is 62.5. The molecule has 0 aliphatic rings. The number of carbonyl (C=O) groups excluding carboxylic acids is 2. The molecule has 3 N–H and O–H groups in total. The maximum absolute atomic E-state index is 12.5. The summed E-state index contributed by atoms with van der Waals surface area (Å²) in [5.74, 6) is -0.0733. The molecule has 0 saturated carbocycles. The van der Waals surface area contributed by atoms with Crippen molar-refractivity contribution in [3.63, 3.8) is 0 Å². The van der Waals surface area contributed by atoms with Crippen molar-refractivity contribution < 1.29 is 24.5 Å². The first kappa shape index (κ1) is 72.8. The van der Waals surface area contributed by atoms with E-state index in [1.165, 1.54) is 276 Å². The summed E-state index contributed by atoms with van der Waals surface area (Å²) in [5.41, 5.74) is 0. The summed E-state index contributed by atoms with van der Waals surface area (Å²) in [4.78, 5) is 24.5. The number of carbonyl (C=O) groups is 2. The van der Waals surface area contributed by atoms with Crippen molar-refractivity contribution in [3.8, 4) is 0 Å². The average Bonchev–Trinajstić information content (AvgIpc) is 3.41. The van der Waals surface area contributed by atoms with Gasteiger partial charge in [0.25, 0.3) is 0 Å². The van der Waals surface area contributed by atoms with Crippen LogP contribution in [0.15, 0.2) is 48.6 Å². The van der Waals surface area contributed by atoms with Crippen molar-refractivity contribution in [1.82, 2.24) is 5.32 Å². The Morgan fingerprint density at radius 3 is 1.05 bits per heavy atom. The Morgan fingerprint density at radius 1 is 0.373 bits per heavy atom. The zero-order valence-corrected chi connectivity index (χ0v) is 50.3. The van der Waals surface area contributed by atoms with Crippen LogP contribution in [0.5, 0.6) is 0 Å². The molecule has 0 aromatic heterocycles. The molecule has 440 valence electrons. The van der Waals surface area contributed by atoms with Crippen molar-refractivity contribution in [2.24, 2.45) is 0 Å². The molecule has 0 saturated heterocycles. The van der Waals surface area contributed by atoms with Gasteiger partial charge in [-0.2, -0.15) is 0 Å². The van der Waals surface area contributed by atoms with E-state index in [1.807, 2.05) is 6.08 Å². The van der Waals surface area contributed by atoms with Crippen LogP contribution in [0.1, 0.15) is 354 Å². The number of ether oxygens (including phenoxy) is 1. The van der Waals surface area contributed by atoms with Crippen molar-refractivity contribution in [2.75, 3.05) is 13.2 Å². The van der Waals surface area contributed by atoms with E-state index in [-0.39, 0.29) is 18.5 Å². The zero-order chi connectivity index (χ0) is 54.3. The van der Waals surface area contributed by atoms with E-state index in [9.17, 15) is 19.8 Å². The molecule has 0 aliphatic heterocycles. The minimum absolute atomic E-state index is 0.00163. The topological polar surface area (TPSA) is 95.9 Å². The molecule has 2 unspecified atom stereocenters. The number of rotatable bonds is 62. The van der Waals surface area contributed by atoms with Crippen LogP contribution in [0.4, 0.5) is 0 Å². The van der Waals surface area contributed by atoms with E-state index in [4.69, 9.17) is 4.74 Å². The summed E-state index contributed by atoms with van der Waals surface area (Å²) >= 11 is 0. The van der Waals surface area contributed by atoms with Gasteiger partial charge in [-0.3, -0.25) is 9.59 Å². The summed E-state index contributed by atoms with van der Waals surface area (Å²) in [7, 11) is 0. The smallest absolute Gasteiger partial charge is 0.305 e. The fourth-order valence-electron chi connectivity index (χ4n) is 10.2. The first-order chi connectivity index (χ1) is 37.0. The van der Waals surface area contributed by atoms with Gasteiger partial charge in [0.05, 0.1) is 25.4 Å². The number of unbranched alkanes of at least 4 members (excludes halogenated alkanes) is 45. The standard InChI is InChI=1S/C69H129NO5/c1-3-5-7-9-11-13-15-17-18-19-20-26-29-32-35-38-41-45-49-53-57-61-67(72)66(65-71)70-68(73)62-58-54-50-46-42-39-36-33-30-27-24-22-21-23-25-28-31-34-37-40-44-48-52-56-60-64-75-69(74)63-59-55-51-47-43-16-14-12-10-8-6-4-2/h12,14,22-25,57,61,66-67,71-72H,3-11,13,15-21,26-56,58-60,62-65H2,1-2H3,(H,70,73)/b14-12-,24-22-,25-23-,61-57+. The molecule has 2 atom stereocenters. The third-order valence-corrected chi connectivity index (χ3v) is 15.3. The van der Waals surface area contributed by atoms with Crippen LogP contribution >= 0.6 is 0 Å². The van der Waals surface area contributed by atoms with Gasteiger partial charge in [0.15, 0.2) is 0 Å². The molecule has 0 aromatic carbocycles. The highest BCUT2D eigenvalue weighted by Crippen LogP contribution is 2.17. The normalized spacial score (nSPS) is 12.9. The predicted octanol–water partition coefficient (Wildman–Crippen LogP) is 21.3. The molecule has 0 aromatic rings. The number of amides is 1. The van der Waals surface area contributed by atoms with Gasteiger partial charge in [-0.15, -0.1) is 0 Å². The Labute approximate surface area is 467 Å². The van der Waals surface area contributed by atoms with Gasteiger partial charge in [-0.25, -0.2) is 0 Å². The monoisotopic (exact) mass is 1050 g/mol. The molecular formula is C69H129NO5. The van der Waals surface area contributed by atoms with E-state index in [2.05, 4.69) is 55.6 Å². The summed E-state index contributed by atoms with van der Waals surface area (Å²) in [6, 6.07) is -0.634. The van der Waals surface area contributed by atoms with Crippen LogP contribution in [-0.4, -0.2) is 47.4 Å². The fraction of sp³-hybridized carbons (Fsp3) is 0.855. The van der Waals surface area contributed by atoms with Crippen molar-refractivity contribution in [3.05, 3.63) is 48.6 Å². The molecule has 6 heteroatoms. The molecule has 0 heterocycles. The lowest BCUT2D eigenvalue weighted by Crippen LogP contribution is -2.45. The number of hydrogen-bond acceptors (Lipinski definition) is 5. The van der Waals surface area contributed by atoms with Crippen LogP contribution < -0.4 is 5.32 Å². The molecule has 0 aliphatic carbocycles. The highest BCUT2D eigenvalue weighted by molar-refractivity contribution is 5.76. The Bertz CT molecular complexity index is 1260.